The van der Waals surface area contributed by atoms with Gasteiger partial charge in [0.2, 0.25) is 11.8 Å². The number of aliphatic imine (C=N–C) groups is 1. The highest BCUT2D eigenvalue weighted by Gasteiger charge is 2.34. The molecule has 6 nitrogen and oxygen atoms in total. The zero-order valence-corrected chi connectivity index (χ0v) is 15.6. The molecule has 2 amide bonds. The maximum Gasteiger partial charge on any atom is 0.238 e. The van der Waals surface area contributed by atoms with Crippen LogP contribution < -0.4 is 10.1 Å². The van der Waals surface area contributed by atoms with E-state index in [0.717, 1.165) is 0 Å². The summed E-state index contributed by atoms with van der Waals surface area (Å²) in [7, 11) is 3.17. The van der Waals surface area contributed by atoms with E-state index in [-0.39, 0.29) is 24.1 Å². The van der Waals surface area contributed by atoms with Crippen molar-refractivity contribution in [2.45, 2.75) is 11.7 Å². The summed E-state index contributed by atoms with van der Waals surface area (Å²) in [5.41, 5.74) is 1.12. The van der Waals surface area contributed by atoms with Crippen molar-refractivity contribution in [1.29, 1.82) is 0 Å². The Balaban J connectivity index is 1.74. The zero-order valence-electron chi connectivity index (χ0n) is 14.8. The molecular formula is C19H18FN3O3S. The fourth-order valence-corrected chi connectivity index (χ4v) is 3.49. The molecule has 2 aromatic rings. The third-order valence-corrected chi connectivity index (χ3v) is 5.21. The van der Waals surface area contributed by atoms with Gasteiger partial charge >= 0.3 is 0 Å². The molecule has 0 unspecified atom stereocenters. The molecule has 27 heavy (non-hydrogen) atoms. The minimum absolute atomic E-state index is 0.0750. The van der Waals surface area contributed by atoms with Crippen LogP contribution in [0.2, 0.25) is 0 Å². The Bertz CT molecular complexity index is 869. The van der Waals surface area contributed by atoms with Gasteiger partial charge in [-0.25, -0.2) is 9.38 Å². The molecule has 1 fully saturated rings. The van der Waals surface area contributed by atoms with E-state index in [1.165, 1.54) is 40.9 Å². The topological polar surface area (TPSA) is 71.0 Å². The van der Waals surface area contributed by atoms with Crippen LogP contribution in [0.5, 0.6) is 5.75 Å². The number of nitrogens with one attached hydrogen (secondary N) is 1. The largest absolute Gasteiger partial charge is 0.497 e. The summed E-state index contributed by atoms with van der Waals surface area (Å²) in [5, 5.41) is 2.59. The van der Waals surface area contributed by atoms with Crippen LogP contribution >= 0.6 is 11.8 Å². The van der Waals surface area contributed by atoms with Crippen molar-refractivity contribution < 1.29 is 18.7 Å². The Hall–Kier alpha value is -2.87. The Morgan fingerprint density at radius 1 is 1.22 bits per heavy atom. The molecule has 0 aliphatic carbocycles. The molecule has 1 heterocycles. The minimum atomic E-state index is -0.602. The number of amides is 2. The first-order chi connectivity index (χ1) is 13.0. The lowest BCUT2D eigenvalue weighted by Crippen LogP contribution is -2.43. The molecule has 1 atom stereocenters. The van der Waals surface area contributed by atoms with Crippen LogP contribution in [0.15, 0.2) is 53.5 Å². The Morgan fingerprint density at radius 2 is 1.89 bits per heavy atom. The van der Waals surface area contributed by atoms with Gasteiger partial charge in [-0.05, 0) is 48.5 Å². The standard InChI is InChI=1S/C19H18FN3O3S/c1-23-17(24)11-16(18(25)21-13-7-9-15(26-2)10-8-13)27-19(23)22-14-5-3-12(20)4-6-14/h3-10,16H,11H2,1-2H3,(H,21,25)/t16-/m0/s1. The summed E-state index contributed by atoms with van der Waals surface area (Å²) < 4.78 is 18.1. The van der Waals surface area contributed by atoms with E-state index < -0.39 is 5.25 Å². The molecule has 0 spiro atoms. The summed E-state index contributed by atoms with van der Waals surface area (Å²) >= 11 is 1.20. The first kappa shape index (κ1) is 18.9. The van der Waals surface area contributed by atoms with E-state index in [4.69, 9.17) is 4.74 Å². The predicted octanol–water partition coefficient (Wildman–Crippen LogP) is 3.42. The second-order valence-electron chi connectivity index (χ2n) is 5.85. The van der Waals surface area contributed by atoms with E-state index in [1.54, 1.807) is 38.4 Å². The first-order valence-corrected chi connectivity index (χ1v) is 9.06. The van der Waals surface area contributed by atoms with E-state index in [0.29, 0.717) is 22.3 Å². The molecule has 1 N–H and O–H groups in total. The van der Waals surface area contributed by atoms with Crippen molar-refractivity contribution in [2.24, 2.45) is 4.99 Å². The second-order valence-corrected chi connectivity index (χ2v) is 7.02. The van der Waals surface area contributed by atoms with Gasteiger partial charge in [-0.3, -0.25) is 14.5 Å². The van der Waals surface area contributed by atoms with Crippen molar-refractivity contribution in [3.63, 3.8) is 0 Å². The quantitative estimate of drug-likeness (QED) is 0.873. The van der Waals surface area contributed by atoms with Crippen LogP contribution in [0.4, 0.5) is 15.8 Å². The number of thioether (sulfide) groups is 1. The lowest BCUT2D eigenvalue weighted by atomic mass is 10.2. The molecule has 1 aliphatic heterocycles. The number of halogens is 1. The van der Waals surface area contributed by atoms with E-state index >= 15 is 0 Å². The van der Waals surface area contributed by atoms with Gasteiger partial charge in [-0.2, -0.15) is 0 Å². The fraction of sp³-hybridized carbons (Fsp3) is 0.211. The van der Waals surface area contributed by atoms with Gasteiger partial charge in [0.15, 0.2) is 5.17 Å². The maximum absolute atomic E-state index is 13.0. The third kappa shape index (κ3) is 4.65. The molecule has 0 saturated carbocycles. The highest BCUT2D eigenvalue weighted by atomic mass is 32.2. The summed E-state index contributed by atoms with van der Waals surface area (Å²) in [6.45, 7) is 0. The average molecular weight is 387 g/mol. The van der Waals surface area contributed by atoms with E-state index in [9.17, 15) is 14.0 Å². The van der Waals surface area contributed by atoms with Crippen molar-refractivity contribution in [1.82, 2.24) is 4.90 Å². The number of carbonyl (C=O) groups excluding carboxylic acids is 2. The number of ether oxygens (including phenoxy) is 1. The Kier molecular flexibility index (Phi) is 5.75. The van der Waals surface area contributed by atoms with Crippen LogP contribution in [0.25, 0.3) is 0 Å². The lowest BCUT2D eigenvalue weighted by Gasteiger charge is -2.28. The van der Waals surface area contributed by atoms with E-state index in [1.807, 2.05) is 0 Å². The van der Waals surface area contributed by atoms with Gasteiger partial charge in [0, 0.05) is 19.2 Å². The predicted molar refractivity (Wildman–Crippen MR) is 104 cm³/mol. The summed E-state index contributed by atoms with van der Waals surface area (Å²) in [6.07, 6.45) is 0.0750. The summed E-state index contributed by atoms with van der Waals surface area (Å²) in [4.78, 5) is 30.6. The molecule has 1 saturated heterocycles. The van der Waals surface area contributed by atoms with Crippen molar-refractivity contribution >= 4 is 40.1 Å². The number of amidine groups is 1. The van der Waals surface area contributed by atoms with Crippen LogP contribution in [-0.2, 0) is 9.59 Å². The number of rotatable bonds is 4. The number of carbonyl (C=O) groups is 2. The number of anilines is 1. The van der Waals surface area contributed by atoms with Gasteiger partial charge in [0.25, 0.3) is 0 Å². The molecule has 0 radical (unpaired) electrons. The summed E-state index contributed by atoms with van der Waals surface area (Å²) in [5.74, 6) is -0.162. The molecule has 2 aromatic carbocycles. The van der Waals surface area contributed by atoms with Gasteiger partial charge in [0.05, 0.1) is 12.8 Å². The average Bonchev–Trinajstić information content (AvgIpc) is 2.67. The van der Waals surface area contributed by atoms with Crippen molar-refractivity contribution in [3.8, 4) is 5.75 Å². The number of nitrogens with zero attached hydrogens (tertiary/aromatic N) is 2. The number of hydrogen-bond acceptors (Lipinski definition) is 5. The van der Waals surface area contributed by atoms with Gasteiger partial charge in [0.1, 0.15) is 16.8 Å². The Morgan fingerprint density at radius 3 is 2.52 bits per heavy atom. The van der Waals surface area contributed by atoms with Crippen LogP contribution in [0.1, 0.15) is 6.42 Å². The summed E-state index contributed by atoms with van der Waals surface area (Å²) in [6, 6.07) is 12.6. The number of methoxy groups -OCH3 is 1. The number of benzene rings is 2. The number of hydrogen-bond donors (Lipinski definition) is 1. The van der Waals surface area contributed by atoms with E-state index in [2.05, 4.69) is 10.3 Å². The molecule has 140 valence electrons. The SMILES string of the molecule is COc1ccc(NC(=O)[C@@H]2CC(=O)N(C)C(=Nc3ccc(F)cc3)S2)cc1. The zero-order chi connectivity index (χ0) is 19.4. The van der Waals surface area contributed by atoms with Gasteiger partial charge < -0.3 is 10.1 Å². The van der Waals surface area contributed by atoms with Crippen LogP contribution in [0, 0.1) is 5.82 Å². The molecule has 3 rings (SSSR count). The second kappa shape index (κ2) is 8.22. The fourth-order valence-electron chi connectivity index (χ4n) is 2.42. The Labute approximate surface area is 160 Å². The molecule has 8 heteroatoms. The highest BCUT2D eigenvalue weighted by molar-refractivity contribution is 8.15. The van der Waals surface area contributed by atoms with Crippen LogP contribution in [0.3, 0.4) is 0 Å². The highest BCUT2D eigenvalue weighted by Crippen LogP contribution is 2.29. The van der Waals surface area contributed by atoms with Crippen LogP contribution in [-0.4, -0.2) is 41.3 Å². The minimum Gasteiger partial charge on any atom is -0.497 e. The van der Waals surface area contributed by atoms with Crippen molar-refractivity contribution in [3.05, 3.63) is 54.3 Å². The molecule has 0 bridgehead atoms. The van der Waals surface area contributed by atoms with Crippen molar-refractivity contribution in [2.75, 3.05) is 19.5 Å². The maximum atomic E-state index is 13.0. The monoisotopic (exact) mass is 387 g/mol. The smallest absolute Gasteiger partial charge is 0.238 e. The molecule has 1 aliphatic rings. The normalized spacial score (nSPS) is 18.5. The van der Waals surface area contributed by atoms with Gasteiger partial charge in [-0.1, -0.05) is 11.8 Å². The third-order valence-electron chi connectivity index (χ3n) is 3.97. The molecule has 0 aromatic heterocycles. The lowest BCUT2D eigenvalue weighted by molar-refractivity contribution is -0.128. The first-order valence-electron chi connectivity index (χ1n) is 8.18. The molecular weight excluding hydrogens is 369 g/mol. The van der Waals surface area contributed by atoms with Gasteiger partial charge in [-0.15, -0.1) is 0 Å².